The van der Waals surface area contributed by atoms with Crippen molar-refractivity contribution in [1.82, 2.24) is 9.62 Å². The van der Waals surface area contributed by atoms with Crippen molar-refractivity contribution in [3.05, 3.63) is 65.7 Å². The molecule has 0 saturated carbocycles. The normalized spacial score (nSPS) is 16.5. The molecule has 0 aliphatic carbocycles. The predicted octanol–water partition coefficient (Wildman–Crippen LogP) is 4.19. The lowest BCUT2D eigenvalue weighted by Crippen LogP contribution is -2.44. The third-order valence-corrected chi connectivity index (χ3v) is 7.09. The van der Waals surface area contributed by atoms with E-state index in [0.717, 1.165) is 50.9 Å². The number of rotatable bonds is 8. The smallest absolute Gasteiger partial charge is 0.240 e. The largest absolute Gasteiger partial charge is 0.303 e. The minimum atomic E-state index is -3.44. The highest BCUT2D eigenvalue weighted by Crippen LogP contribution is 2.19. The fourth-order valence-corrected chi connectivity index (χ4v) is 5.05. The maximum absolute atomic E-state index is 12.7. The molecule has 5 heteroatoms. The van der Waals surface area contributed by atoms with Gasteiger partial charge in [-0.25, -0.2) is 13.1 Å². The van der Waals surface area contributed by atoms with E-state index in [9.17, 15) is 8.42 Å². The fourth-order valence-electron chi connectivity index (χ4n) is 3.75. The first-order valence-electron chi connectivity index (χ1n) is 10.3. The molecule has 1 heterocycles. The van der Waals surface area contributed by atoms with Crippen LogP contribution >= 0.6 is 0 Å². The van der Waals surface area contributed by atoms with Crippen LogP contribution in [0.4, 0.5) is 0 Å². The summed E-state index contributed by atoms with van der Waals surface area (Å²) in [7, 11) is -3.44. The van der Waals surface area contributed by atoms with E-state index in [1.807, 2.05) is 18.2 Å². The van der Waals surface area contributed by atoms with Crippen LogP contribution in [0.1, 0.15) is 50.2 Å². The van der Waals surface area contributed by atoms with Gasteiger partial charge in [0.1, 0.15) is 0 Å². The molecule has 1 aliphatic heterocycles. The summed E-state index contributed by atoms with van der Waals surface area (Å²) in [6.45, 7) is 7.19. The molecule has 0 spiro atoms. The Morgan fingerprint density at radius 1 is 1.00 bits per heavy atom. The molecule has 0 atom stereocenters. The summed E-state index contributed by atoms with van der Waals surface area (Å²) in [4.78, 5) is 2.81. The molecule has 0 bridgehead atoms. The van der Waals surface area contributed by atoms with Gasteiger partial charge in [0.2, 0.25) is 10.0 Å². The Hall–Kier alpha value is -1.69. The molecule has 0 unspecified atom stereocenters. The lowest BCUT2D eigenvalue weighted by atomic mass is 10.0. The van der Waals surface area contributed by atoms with E-state index in [-0.39, 0.29) is 6.04 Å². The molecule has 1 N–H and O–H groups in total. The van der Waals surface area contributed by atoms with Crippen molar-refractivity contribution < 1.29 is 8.42 Å². The maximum atomic E-state index is 12.7. The average molecular weight is 401 g/mol. The van der Waals surface area contributed by atoms with Crippen molar-refractivity contribution in [1.29, 1.82) is 0 Å². The topological polar surface area (TPSA) is 49.4 Å². The molecule has 0 aromatic heterocycles. The van der Waals surface area contributed by atoms with Crippen molar-refractivity contribution >= 4 is 10.0 Å². The zero-order valence-electron chi connectivity index (χ0n) is 17.0. The first kappa shape index (κ1) is 21.0. The summed E-state index contributed by atoms with van der Waals surface area (Å²) < 4.78 is 28.2. The zero-order valence-corrected chi connectivity index (χ0v) is 17.8. The van der Waals surface area contributed by atoms with Gasteiger partial charge in [-0.1, -0.05) is 56.3 Å². The summed E-state index contributed by atoms with van der Waals surface area (Å²) in [6, 6.07) is 17.9. The molecule has 1 saturated heterocycles. The third-order valence-electron chi connectivity index (χ3n) is 5.55. The van der Waals surface area contributed by atoms with Crippen LogP contribution in [0.5, 0.6) is 0 Å². The summed E-state index contributed by atoms with van der Waals surface area (Å²) >= 11 is 0. The Morgan fingerprint density at radius 2 is 1.64 bits per heavy atom. The zero-order chi connectivity index (χ0) is 20.0. The highest BCUT2D eigenvalue weighted by atomic mass is 32.2. The molecule has 4 nitrogen and oxygen atoms in total. The Labute approximate surface area is 170 Å². The van der Waals surface area contributed by atoms with Gasteiger partial charge in [-0.2, -0.15) is 0 Å². The number of benzene rings is 2. The summed E-state index contributed by atoms with van der Waals surface area (Å²) in [5.74, 6) is 0.399. The van der Waals surface area contributed by atoms with Gasteiger partial charge in [0.15, 0.2) is 0 Å². The van der Waals surface area contributed by atoms with Crippen molar-refractivity contribution in [3.8, 4) is 0 Å². The first-order valence-corrected chi connectivity index (χ1v) is 11.8. The van der Waals surface area contributed by atoms with Crippen LogP contribution < -0.4 is 4.72 Å². The van der Waals surface area contributed by atoms with E-state index >= 15 is 0 Å². The van der Waals surface area contributed by atoms with Crippen LogP contribution in [-0.4, -0.2) is 39.0 Å². The van der Waals surface area contributed by atoms with Gasteiger partial charge in [0, 0.05) is 6.04 Å². The fraction of sp³-hybridized carbons (Fsp3) is 0.478. The van der Waals surface area contributed by atoms with Crippen molar-refractivity contribution in [3.63, 3.8) is 0 Å². The number of nitrogens with one attached hydrogen (secondary N) is 1. The van der Waals surface area contributed by atoms with Gasteiger partial charge < -0.3 is 4.90 Å². The Kier molecular flexibility index (Phi) is 7.27. The molecular formula is C23H32N2O2S. The van der Waals surface area contributed by atoms with Gasteiger partial charge >= 0.3 is 0 Å². The van der Waals surface area contributed by atoms with Gasteiger partial charge in [0.25, 0.3) is 0 Å². The van der Waals surface area contributed by atoms with Gasteiger partial charge in [-0.3, -0.25) is 0 Å². The highest BCUT2D eigenvalue weighted by molar-refractivity contribution is 7.89. The van der Waals surface area contributed by atoms with Crippen LogP contribution in [0, 0.1) is 0 Å². The van der Waals surface area contributed by atoms with E-state index < -0.39 is 10.0 Å². The lowest BCUT2D eigenvalue weighted by Gasteiger charge is -2.32. The monoisotopic (exact) mass is 400 g/mol. The van der Waals surface area contributed by atoms with Gasteiger partial charge in [-0.05, 0) is 74.5 Å². The molecule has 28 heavy (non-hydrogen) atoms. The summed E-state index contributed by atoms with van der Waals surface area (Å²) in [6.07, 6.45) is 3.98. The molecule has 1 fully saturated rings. The predicted molar refractivity (Wildman–Crippen MR) is 115 cm³/mol. The van der Waals surface area contributed by atoms with Crippen molar-refractivity contribution in [2.45, 2.75) is 56.4 Å². The molecular weight excluding hydrogens is 368 g/mol. The Morgan fingerprint density at radius 3 is 2.25 bits per heavy atom. The van der Waals surface area contributed by atoms with E-state index in [4.69, 9.17) is 0 Å². The molecule has 0 amide bonds. The molecule has 2 aromatic carbocycles. The van der Waals surface area contributed by atoms with Crippen molar-refractivity contribution in [2.24, 2.45) is 0 Å². The van der Waals surface area contributed by atoms with Gasteiger partial charge in [0.05, 0.1) is 4.90 Å². The molecule has 152 valence electrons. The number of aryl methyl sites for hydroxylation is 1. The standard InChI is InChI=1S/C23H32N2O2S/c1-19(2)21-10-12-23(13-11-21)28(26,27)24-22-14-17-25(18-15-22)16-6-9-20-7-4-3-5-8-20/h3-5,7-8,10-13,19,22,24H,6,9,14-18H2,1-2H3. The number of hydrogen-bond donors (Lipinski definition) is 1. The number of likely N-dealkylation sites (tertiary alicyclic amines) is 1. The molecule has 0 radical (unpaired) electrons. The Bertz CT molecular complexity index is 825. The van der Waals surface area contributed by atoms with E-state index in [1.165, 1.54) is 5.56 Å². The number of piperidine rings is 1. The van der Waals surface area contributed by atoms with Crippen LogP contribution in [-0.2, 0) is 16.4 Å². The second kappa shape index (κ2) is 9.68. The first-order chi connectivity index (χ1) is 13.4. The molecule has 2 aromatic rings. The third kappa shape index (κ3) is 5.90. The lowest BCUT2D eigenvalue weighted by molar-refractivity contribution is 0.205. The second-order valence-electron chi connectivity index (χ2n) is 8.05. The number of nitrogens with zero attached hydrogens (tertiary/aromatic N) is 1. The minimum absolute atomic E-state index is 0.0279. The van der Waals surface area contributed by atoms with Crippen LogP contribution in [0.15, 0.2) is 59.5 Å². The number of sulfonamides is 1. The quantitative estimate of drug-likeness (QED) is 0.723. The molecule has 1 aliphatic rings. The summed E-state index contributed by atoms with van der Waals surface area (Å²) in [5.41, 5.74) is 2.54. The molecule has 3 rings (SSSR count). The maximum Gasteiger partial charge on any atom is 0.240 e. The average Bonchev–Trinajstić information content (AvgIpc) is 2.70. The Balaban J connectivity index is 1.44. The number of hydrogen-bond acceptors (Lipinski definition) is 3. The van der Waals surface area contributed by atoms with Gasteiger partial charge in [-0.15, -0.1) is 0 Å². The van der Waals surface area contributed by atoms with E-state index in [1.54, 1.807) is 12.1 Å². The minimum Gasteiger partial charge on any atom is -0.303 e. The van der Waals surface area contributed by atoms with Crippen LogP contribution in [0.25, 0.3) is 0 Å². The van der Waals surface area contributed by atoms with Crippen molar-refractivity contribution in [2.75, 3.05) is 19.6 Å². The van der Waals surface area contributed by atoms with E-state index in [2.05, 4.69) is 47.7 Å². The summed E-state index contributed by atoms with van der Waals surface area (Å²) in [5, 5.41) is 0. The van der Waals surface area contributed by atoms with Crippen LogP contribution in [0.3, 0.4) is 0 Å². The van der Waals surface area contributed by atoms with Crippen LogP contribution in [0.2, 0.25) is 0 Å². The SMILES string of the molecule is CC(C)c1ccc(S(=O)(=O)NC2CCN(CCCc3ccccc3)CC2)cc1. The second-order valence-corrected chi connectivity index (χ2v) is 9.76. The van der Waals surface area contributed by atoms with E-state index in [0.29, 0.717) is 10.8 Å². The highest BCUT2D eigenvalue weighted by Gasteiger charge is 2.24.